The molecule has 6 nitrogen and oxygen atoms in total. The van der Waals surface area contributed by atoms with Crippen LogP contribution in [0, 0.1) is 11.3 Å². The number of aliphatic hydroxyl groups excluding tert-OH is 2. The van der Waals surface area contributed by atoms with E-state index >= 15 is 0 Å². The maximum atomic E-state index is 11.5. The van der Waals surface area contributed by atoms with E-state index in [1.807, 2.05) is 13.8 Å². The number of carboxylic acids is 2. The van der Waals surface area contributed by atoms with Crippen LogP contribution < -0.4 is 0 Å². The molecular weight excluding hydrogens is 324 g/mol. The minimum atomic E-state index is -0.800. The van der Waals surface area contributed by atoms with Crippen molar-refractivity contribution >= 4 is 11.9 Å². The first kappa shape index (κ1) is 23.9. The third-order valence-corrected chi connectivity index (χ3v) is 4.59. The summed E-state index contributed by atoms with van der Waals surface area (Å²) >= 11 is 0. The van der Waals surface area contributed by atoms with Gasteiger partial charge in [-0.2, -0.15) is 0 Å². The number of aliphatic hydroxyl groups is 2. The summed E-state index contributed by atoms with van der Waals surface area (Å²) in [6, 6.07) is 0. The van der Waals surface area contributed by atoms with Crippen LogP contribution in [0.3, 0.4) is 0 Å². The van der Waals surface area contributed by atoms with Crippen LogP contribution in [0.4, 0.5) is 0 Å². The quantitative estimate of drug-likeness (QED) is 0.313. The fourth-order valence-corrected chi connectivity index (χ4v) is 3.32. The normalized spacial score (nSPS) is 14.2. The highest BCUT2D eigenvalue weighted by molar-refractivity contribution is 5.70. The zero-order chi connectivity index (χ0) is 19.3. The average molecular weight is 360 g/mol. The molecule has 0 aliphatic rings. The summed E-state index contributed by atoms with van der Waals surface area (Å²) < 4.78 is 0. The summed E-state index contributed by atoms with van der Waals surface area (Å²) in [5.41, 5.74) is -0.324. The van der Waals surface area contributed by atoms with Crippen molar-refractivity contribution in [2.75, 3.05) is 6.61 Å². The summed E-state index contributed by atoms with van der Waals surface area (Å²) in [5, 5.41) is 36.5. The SMILES string of the molecule is CC(C)(CC(O)CO)CC(CCCCCCCCCC(=O)O)C(=O)O. The largest absolute Gasteiger partial charge is 0.481 e. The predicted molar refractivity (Wildman–Crippen MR) is 96.4 cm³/mol. The van der Waals surface area contributed by atoms with Gasteiger partial charge in [-0.1, -0.05) is 52.4 Å². The van der Waals surface area contributed by atoms with Gasteiger partial charge < -0.3 is 20.4 Å². The van der Waals surface area contributed by atoms with E-state index in [1.165, 1.54) is 0 Å². The average Bonchev–Trinajstić information content (AvgIpc) is 2.50. The molecule has 0 spiro atoms. The molecule has 0 fully saturated rings. The van der Waals surface area contributed by atoms with Gasteiger partial charge in [0.05, 0.1) is 18.6 Å². The van der Waals surface area contributed by atoms with Crippen molar-refractivity contribution in [3.05, 3.63) is 0 Å². The van der Waals surface area contributed by atoms with Crippen molar-refractivity contribution in [3.8, 4) is 0 Å². The van der Waals surface area contributed by atoms with Crippen LogP contribution in [0.25, 0.3) is 0 Å². The van der Waals surface area contributed by atoms with Crippen molar-refractivity contribution in [2.24, 2.45) is 11.3 Å². The Kier molecular flexibility index (Phi) is 12.5. The minimum absolute atomic E-state index is 0.237. The molecule has 2 atom stereocenters. The molecule has 4 N–H and O–H groups in total. The zero-order valence-corrected chi connectivity index (χ0v) is 15.7. The second kappa shape index (κ2) is 13.1. The molecule has 0 radical (unpaired) electrons. The molecule has 0 aromatic rings. The van der Waals surface area contributed by atoms with Gasteiger partial charge in [0.2, 0.25) is 0 Å². The number of carbonyl (C=O) groups is 2. The third kappa shape index (κ3) is 13.8. The Balaban J connectivity index is 3.94. The molecule has 0 rings (SSSR count). The standard InChI is InChI=1S/C19H36O6/c1-19(2,13-16(21)14-20)12-15(18(24)25)10-8-6-4-3-5-7-9-11-17(22)23/h15-16,20-21H,3-14H2,1-2H3,(H,22,23)(H,24,25). The van der Waals surface area contributed by atoms with Crippen molar-refractivity contribution < 1.29 is 30.0 Å². The molecule has 0 bridgehead atoms. The molecule has 0 saturated carbocycles. The van der Waals surface area contributed by atoms with Crippen molar-refractivity contribution in [1.29, 1.82) is 0 Å². The Morgan fingerprint density at radius 1 is 0.880 bits per heavy atom. The van der Waals surface area contributed by atoms with Gasteiger partial charge in [0.25, 0.3) is 0 Å². The van der Waals surface area contributed by atoms with Gasteiger partial charge in [-0.3, -0.25) is 9.59 Å². The van der Waals surface area contributed by atoms with E-state index in [4.69, 9.17) is 10.2 Å². The van der Waals surface area contributed by atoms with E-state index in [0.717, 1.165) is 44.9 Å². The molecular formula is C19H36O6. The Labute approximate surface area is 151 Å². The topological polar surface area (TPSA) is 115 Å². The van der Waals surface area contributed by atoms with Gasteiger partial charge in [-0.25, -0.2) is 0 Å². The summed E-state index contributed by atoms with van der Waals surface area (Å²) in [6.45, 7) is 3.56. The second-order valence-corrected chi connectivity index (χ2v) is 7.85. The highest BCUT2D eigenvalue weighted by atomic mass is 16.4. The molecule has 25 heavy (non-hydrogen) atoms. The number of unbranched alkanes of at least 4 members (excludes halogenated alkanes) is 6. The van der Waals surface area contributed by atoms with E-state index < -0.39 is 24.0 Å². The van der Waals surface area contributed by atoms with Crippen LogP contribution in [0.5, 0.6) is 0 Å². The predicted octanol–water partition coefficient (Wildman–Crippen LogP) is 3.44. The molecule has 0 aliphatic heterocycles. The molecule has 6 heteroatoms. The van der Waals surface area contributed by atoms with E-state index in [1.54, 1.807) is 0 Å². The molecule has 0 aromatic heterocycles. The minimum Gasteiger partial charge on any atom is -0.481 e. The number of hydrogen-bond donors (Lipinski definition) is 4. The van der Waals surface area contributed by atoms with E-state index in [9.17, 15) is 19.8 Å². The van der Waals surface area contributed by atoms with Gasteiger partial charge in [0, 0.05) is 6.42 Å². The Bertz CT molecular complexity index is 380. The van der Waals surface area contributed by atoms with Gasteiger partial charge in [0.15, 0.2) is 0 Å². The number of aliphatic carboxylic acids is 2. The van der Waals surface area contributed by atoms with Crippen LogP contribution in [-0.2, 0) is 9.59 Å². The van der Waals surface area contributed by atoms with Gasteiger partial charge in [-0.15, -0.1) is 0 Å². The van der Waals surface area contributed by atoms with E-state index in [-0.39, 0.29) is 18.4 Å². The highest BCUT2D eigenvalue weighted by Gasteiger charge is 2.29. The Morgan fingerprint density at radius 2 is 1.40 bits per heavy atom. The molecule has 2 unspecified atom stereocenters. The van der Waals surface area contributed by atoms with Crippen molar-refractivity contribution in [1.82, 2.24) is 0 Å². The van der Waals surface area contributed by atoms with Crippen LogP contribution in [0.1, 0.15) is 84.5 Å². The summed E-state index contributed by atoms with van der Waals surface area (Å²) in [4.78, 5) is 21.9. The Morgan fingerprint density at radius 3 is 1.88 bits per heavy atom. The molecule has 0 aromatic carbocycles. The molecule has 0 aliphatic carbocycles. The molecule has 0 heterocycles. The maximum absolute atomic E-state index is 11.5. The van der Waals surface area contributed by atoms with Crippen LogP contribution in [-0.4, -0.2) is 45.1 Å². The van der Waals surface area contributed by atoms with Gasteiger partial charge in [0.1, 0.15) is 0 Å². The first-order chi connectivity index (χ1) is 11.7. The Hall–Kier alpha value is -1.14. The van der Waals surface area contributed by atoms with E-state index in [0.29, 0.717) is 19.3 Å². The smallest absolute Gasteiger partial charge is 0.306 e. The van der Waals surface area contributed by atoms with Crippen LogP contribution >= 0.6 is 0 Å². The molecule has 0 saturated heterocycles. The monoisotopic (exact) mass is 360 g/mol. The van der Waals surface area contributed by atoms with Gasteiger partial charge >= 0.3 is 11.9 Å². The number of carboxylic acid groups (broad SMARTS) is 2. The summed E-state index contributed by atoms with van der Waals surface area (Å²) in [6.07, 6.45) is 7.61. The summed E-state index contributed by atoms with van der Waals surface area (Å²) in [7, 11) is 0. The lowest BCUT2D eigenvalue weighted by molar-refractivity contribution is -0.143. The summed E-state index contributed by atoms with van der Waals surface area (Å²) in [5.74, 6) is -1.95. The third-order valence-electron chi connectivity index (χ3n) is 4.59. The first-order valence-corrected chi connectivity index (χ1v) is 9.41. The molecule has 148 valence electrons. The fourth-order valence-electron chi connectivity index (χ4n) is 3.32. The van der Waals surface area contributed by atoms with Crippen LogP contribution in [0.15, 0.2) is 0 Å². The zero-order valence-electron chi connectivity index (χ0n) is 15.7. The van der Waals surface area contributed by atoms with Crippen molar-refractivity contribution in [2.45, 2.75) is 90.6 Å². The first-order valence-electron chi connectivity index (χ1n) is 9.41. The van der Waals surface area contributed by atoms with Crippen molar-refractivity contribution in [3.63, 3.8) is 0 Å². The molecule has 0 amide bonds. The maximum Gasteiger partial charge on any atom is 0.306 e. The second-order valence-electron chi connectivity index (χ2n) is 7.85. The lowest BCUT2D eigenvalue weighted by Gasteiger charge is -2.29. The highest BCUT2D eigenvalue weighted by Crippen LogP contribution is 2.33. The van der Waals surface area contributed by atoms with E-state index in [2.05, 4.69) is 0 Å². The number of hydrogen-bond acceptors (Lipinski definition) is 4. The fraction of sp³-hybridized carbons (Fsp3) is 0.895. The lowest BCUT2D eigenvalue weighted by atomic mass is 9.77. The van der Waals surface area contributed by atoms with Crippen LogP contribution in [0.2, 0.25) is 0 Å². The lowest BCUT2D eigenvalue weighted by Crippen LogP contribution is -2.28. The number of rotatable bonds is 16. The van der Waals surface area contributed by atoms with Gasteiger partial charge in [-0.05, 0) is 31.1 Å².